The molecule has 0 unspecified atom stereocenters. The van der Waals surface area contributed by atoms with Gasteiger partial charge in [-0.15, -0.1) is 0 Å². The SMILES string of the molecule is O=C(Cc1c(F)cccc1F)c1cccc(OC(F)F)c1. The van der Waals surface area contributed by atoms with Gasteiger partial charge in [-0.3, -0.25) is 4.79 Å². The molecule has 2 aromatic carbocycles. The summed E-state index contributed by atoms with van der Waals surface area (Å²) in [5.41, 5.74) is -0.321. The van der Waals surface area contributed by atoms with E-state index in [1.54, 1.807) is 0 Å². The first-order valence-corrected chi connectivity index (χ1v) is 5.98. The van der Waals surface area contributed by atoms with Crippen LogP contribution in [0.4, 0.5) is 17.6 Å². The molecule has 0 fully saturated rings. The number of hydrogen-bond donors (Lipinski definition) is 0. The second-order valence-electron chi connectivity index (χ2n) is 4.21. The summed E-state index contributed by atoms with van der Waals surface area (Å²) >= 11 is 0. The van der Waals surface area contributed by atoms with Gasteiger partial charge in [0.15, 0.2) is 5.78 Å². The number of rotatable bonds is 5. The van der Waals surface area contributed by atoms with Gasteiger partial charge in [0, 0.05) is 17.5 Å². The van der Waals surface area contributed by atoms with Crippen molar-refractivity contribution < 1.29 is 27.1 Å². The Labute approximate surface area is 118 Å². The van der Waals surface area contributed by atoms with Gasteiger partial charge in [-0.05, 0) is 24.3 Å². The van der Waals surface area contributed by atoms with E-state index in [-0.39, 0.29) is 16.9 Å². The summed E-state index contributed by atoms with van der Waals surface area (Å²) in [6.07, 6.45) is -0.503. The van der Waals surface area contributed by atoms with Crippen LogP contribution in [0, 0.1) is 11.6 Å². The van der Waals surface area contributed by atoms with Crippen molar-refractivity contribution in [1.82, 2.24) is 0 Å². The maximum Gasteiger partial charge on any atom is 0.387 e. The molecule has 0 aliphatic carbocycles. The maximum atomic E-state index is 13.5. The van der Waals surface area contributed by atoms with E-state index in [1.807, 2.05) is 0 Å². The zero-order valence-electron chi connectivity index (χ0n) is 10.7. The molecule has 21 heavy (non-hydrogen) atoms. The van der Waals surface area contributed by atoms with Crippen LogP contribution >= 0.6 is 0 Å². The fourth-order valence-electron chi connectivity index (χ4n) is 1.81. The quantitative estimate of drug-likeness (QED) is 0.616. The van der Waals surface area contributed by atoms with Crippen LogP contribution < -0.4 is 4.74 Å². The lowest BCUT2D eigenvalue weighted by atomic mass is 10.0. The van der Waals surface area contributed by atoms with Crippen LogP contribution in [0.15, 0.2) is 42.5 Å². The molecule has 0 aliphatic rings. The van der Waals surface area contributed by atoms with E-state index in [4.69, 9.17) is 0 Å². The third-order valence-electron chi connectivity index (χ3n) is 2.78. The number of halogens is 4. The molecule has 0 saturated heterocycles. The number of alkyl halides is 2. The van der Waals surface area contributed by atoms with Gasteiger partial charge in [-0.25, -0.2) is 8.78 Å². The Balaban J connectivity index is 2.21. The van der Waals surface area contributed by atoms with Crippen molar-refractivity contribution in [3.63, 3.8) is 0 Å². The molecule has 2 nitrogen and oxygen atoms in total. The second kappa shape index (κ2) is 6.39. The highest BCUT2D eigenvalue weighted by Crippen LogP contribution is 2.19. The molecule has 0 heterocycles. The Kier molecular flexibility index (Phi) is 4.57. The smallest absolute Gasteiger partial charge is 0.387 e. The normalized spacial score (nSPS) is 10.7. The van der Waals surface area contributed by atoms with Crippen LogP contribution in [-0.4, -0.2) is 12.4 Å². The van der Waals surface area contributed by atoms with Crippen LogP contribution in [0.2, 0.25) is 0 Å². The fourth-order valence-corrected chi connectivity index (χ4v) is 1.81. The fraction of sp³-hybridized carbons (Fsp3) is 0.133. The standard InChI is InChI=1S/C15H10F4O2/c16-12-5-2-6-13(17)11(12)8-14(20)9-3-1-4-10(7-9)21-15(18)19/h1-7,15H,8H2. The van der Waals surface area contributed by atoms with Crippen molar-refractivity contribution >= 4 is 5.78 Å². The molecule has 0 spiro atoms. The largest absolute Gasteiger partial charge is 0.435 e. The first-order valence-electron chi connectivity index (χ1n) is 5.98. The number of ether oxygens (including phenoxy) is 1. The van der Waals surface area contributed by atoms with Crippen LogP contribution in [-0.2, 0) is 6.42 Å². The lowest BCUT2D eigenvalue weighted by Gasteiger charge is -2.07. The first kappa shape index (κ1) is 15.0. The Morgan fingerprint density at radius 3 is 2.29 bits per heavy atom. The lowest BCUT2D eigenvalue weighted by Crippen LogP contribution is -2.08. The molecule has 2 rings (SSSR count). The molecule has 0 aromatic heterocycles. The molecule has 0 amide bonds. The van der Waals surface area contributed by atoms with Crippen molar-refractivity contribution in [2.24, 2.45) is 0 Å². The van der Waals surface area contributed by atoms with Crippen LogP contribution in [0.25, 0.3) is 0 Å². The van der Waals surface area contributed by atoms with Gasteiger partial charge in [0.25, 0.3) is 0 Å². The summed E-state index contributed by atoms with van der Waals surface area (Å²) in [5, 5.41) is 0. The third-order valence-corrected chi connectivity index (χ3v) is 2.78. The van der Waals surface area contributed by atoms with Gasteiger partial charge >= 0.3 is 6.61 Å². The molecule has 2 aromatic rings. The average molecular weight is 298 g/mol. The summed E-state index contributed by atoms with van der Waals surface area (Å²) in [5.74, 6) is -2.45. The summed E-state index contributed by atoms with van der Waals surface area (Å²) in [6.45, 7) is -3.01. The van der Waals surface area contributed by atoms with E-state index >= 15 is 0 Å². The number of carbonyl (C=O) groups excluding carboxylic acids is 1. The van der Waals surface area contributed by atoms with E-state index in [2.05, 4.69) is 4.74 Å². The molecule has 0 atom stereocenters. The molecule has 0 N–H and O–H groups in total. The van der Waals surface area contributed by atoms with Gasteiger partial charge in [0.05, 0.1) is 0 Å². The second-order valence-corrected chi connectivity index (χ2v) is 4.21. The lowest BCUT2D eigenvalue weighted by molar-refractivity contribution is -0.0498. The van der Waals surface area contributed by atoms with Gasteiger partial charge in [0.2, 0.25) is 0 Å². The Morgan fingerprint density at radius 1 is 1.05 bits per heavy atom. The maximum absolute atomic E-state index is 13.5. The van der Waals surface area contributed by atoms with Gasteiger partial charge in [-0.1, -0.05) is 18.2 Å². The Morgan fingerprint density at radius 2 is 1.67 bits per heavy atom. The highest BCUT2D eigenvalue weighted by atomic mass is 19.3. The number of carbonyl (C=O) groups is 1. The highest BCUT2D eigenvalue weighted by Gasteiger charge is 2.15. The molecule has 0 radical (unpaired) electrons. The Bertz CT molecular complexity index is 636. The monoisotopic (exact) mass is 298 g/mol. The molecule has 0 aliphatic heterocycles. The summed E-state index contributed by atoms with van der Waals surface area (Å²) in [7, 11) is 0. The minimum atomic E-state index is -3.01. The number of Topliss-reactive ketones (excluding diaryl/α,β-unsaturated/α-hetero) is 1. The van der Waals surface area contributed by atoms with Crippen molar-refractivity contribution in [2.75, 3.05) is 0 Å². The summed E-state index contributed by atoms with van der Waals surface area (Å²) < 4.78 is 55.3. The summed E-state index contributed by atoms with van der Waals surface area (Å²) in [4.78, 5) is 12.0. The van der Waals surface area contributed by atoms with E-state index in [0.717, 1.165) is 18.2 Å². The van der Waals surface area contributed by atoms with Crippen LogP contribution in [0.5, 0.6) is 5.75 Å². The van der Waals surface area contributed by atoms with Crippen molar-refractivity contribution in [1.29, 1.82) is 0 Å². The first-order chi connectivity index (χ1) is 9.97. The van der Waals surface area contributed by atoms with Crippen LogP contribution in [0.3, 0.4) is 0 Å². The number of hydrogen-bond acceptors (Lipinski definition) is 2. The molecular weight excluding hydrogens is 288 g/mol. The predicted octanol–water partition coefficient (Wildman–Crippen LogP) is 3.99. The molecular formula is C15H10F4O2. The van der Waals surface area contributed by atoms with Gasteiger partial charge in [0.1, 0.15) is 17.4 Å². The zero-order valence-corrected chi connectivity index (χ0v) is 10.7. The molecule has 0 bridgehead atoms. The zero-order chi connectivity index (χ0) is 15.4. The topological polar surface area (TPSA) is 26.3 Å². The Hall–Kier alpha value is -2.37. The van der Waals surface area contributed by atoms with Crippen LogP contribution in [0.1, 0.15) is 15.9 Å². The van der Waals surface area contributed by atoms with E-state index in [1.165, 1.54) is 24.3 Å². The molecule has 0 saturated carbocycles. The van der Waals surface area contributed by atoms with Gasteiger partial charge in [-0.2, -0.15) is 8.78 Å². The van der Waals surface area contributed by atoms with Crippen molar-refractivity contribution in [2.45, 2.75) is 13.0 Å². The molecule has 110 valence electrons. The van der Waals surface area contributed by atoms with Crippen molar-refractivity contribution in [3.8, 4) is 5.75 Å². The predicted molar refractivity (Wildman–Crippen MR) is 67.5 cm³/mol. The minimum Gasteiger partial charge on any atom is -0.435 e. The van der Waals surface area contributed by atoms with E-state index in [0.29, 0.717) is 0 Å². The van der Waals surface area contributed by atoms with Gasteiger partial charge < -0.3 is 4.74 Å². The average Bonchev–Trinajstić information content (AvgIpc) is 2.42. The van der Waals surface area contributed by atoms with Crippen molar-refractivity contribution in [3.05, 3.63) is 65.2 Å². The number of benzene rings is 2. The van der Waals surface area contributed by atoms with E-state index < -0.39 is 30.5 Å². The number of ketones is 1. The summed E-state index contributed by atoms with van der Waals surface area (Å²) in [6, 6.07) is 8.35. The van der Waals surface area contributed by atoms with E-state index in [9.17, 15) is 22.4 Å². The third kappa shape index (κ3) is 3.81. The molecule has 6 heteroatoms. The minimum absolute atomic E-state index is 0.0378. The highest BCUT2D eigenvalue weighted by molar-refractivity contribution is 5.97.